The Morgan fingerprint density at radius 1 is 1.47 bits per heavy atom. The Morgan fingerprint density at radius 2 is 2.24 bits per heavy atom. The molecule has 17 heavy (non-hydrogen) atoms. The van der Waals surface area contributed by atoms with E-state index < -0.39 is 5.92 Å². The van der Waals surface area contributed by atoms with E-state index in [2.05, 4.69) is 0 Å². The van der Waals surface area contributed by atoms with Crippen molar-refractivity contribution in [2.24, 2.45) is 11.7 Å². The number of hydrogen-bond acceptors (Lipinski definition) is 1. The van der Waals surface area contributed by atoms with Crippen LogP contribution in [0.5, 0.6) is 0 Å². The van der Waals surface area contributed by atoms with Crippen LogP contribution in [-0.4, -0.2) is 12.0 Å². The van der Waals surface area contributed by atoms with Gasteiger partial charge in [-0.25, -0.2) is 8.78 Å². The van der Waals surface area contributed by atoms with E-state index in [1.54, 1.807) is 6.07 Å². The van der Waals surface area contributed by atoms with Gasteiger partial charge < -0.3 is 5.73 Å². The second-order valence-corrected chi connectivity index (χ2v) is 5.29. The first-order valence-corrected chi connectivity index (χ1v) is 6.22. The van der Waals surface area contributed by atoms with E-state index in [4.69, 9.17) is 17.3 Å². The first-order valence-electron chi connectivity index (χ1n) is 5.84. The maximum atomic E-state index is 13.1. The van der Waals surface area contributed by atoms with Crippen molar-refractivity contribution in [2.45, 2.75) is 37.6 Å². The minimum atomic E-state index is -2.52. The summed E-state index contributed by atoms with van der Waals surface area (Å²) in [6.07, 6.45) is 1.03. The monoisotopic (exact) mass is 259 g/mol. The summed E-state index contributed by atoms with van der Waals surface area (Å²) in [4.78, 5) is 0. The van der Waals surface area contributed by atoms with E-state index >= 15 is 0 Å². The van der Waals surface area contributed by atoms with E-state index in [-0.39, 0.29) is 24.8 Å². The summed E-state index contributed by atoms with van der Waals surface area (Å²) < 4.78 is 26.2. The number of benzene rings is 1. The molecule has 1 aromatic carbocycles. The van der Waals surface area contributed by atoms with Crippen molar-refractivity contribution in [2.75, 3.05) is 0 Å². The molecule has 0 radical (unpaired) electrons. The topological polar surface area (TPSA) is 26.0 Å². The quantitative estimate of drug-likeness (QED) is 0.881. The zero-order valence-electron chi connectivity index (χ0n) is 9.50. The summed E-state index contributed by atoms with van der Waals surface area (Å²) in [7, 11) is 0. The molecule has 0 saturated heterocycles. The molecule has 1 saturated carbocycles. The van der Waals surface area contributed by atoms with E-state index in [9.17, 15) is 8.78 Å². The van der Waals surface area contributed by atoms with Gasteiger partial charge in [-0.05, 0) is 36.5 Å². The van der Waals surface area contributed by atoms with Crippen molar-refractivity contribution in [3.05, 3.63) is 34.9 Å². The fourth-order valence-corrected chi connectivity index (χ4v) is 2.67. The van der Waals surface area contributed by atoms with Crippen LogP contribution in [0.2, 0.25) is 5.02 Å². The predicted octanol–water partition coefficient (Wildman–Crippen LogP) is 3.65. The van der Waals surface area contributed by atoms with Crippen LogP contribution in [-0.2, 0) is 6.42 Å². The van der Waals surface area contributed by atoms with Gasteiger partial charge in [0.05, 0.1) is 0 Å². The van der Waals surface area contributed by atoms with Gasteiger partial charge >= 0.3 is 0 Å². The van der Waals surface area contributed by atoms with Crippen LogP contribution in [0.4, 0.5) is 8.78 Å². The predicted molar refractivity (Wildman–Crippen MR) is 65.4 cm³/mol. The molecule has 0 aliphatic heterocycles. The van der Waals surface area contributed by atoms with Crippen LogP contribution in [0, 0.1) is 5.92 Å². The number of rotatable bonds is 3. The Hall–Kier alpha value is -0.670. The smallest absolute Gasteiger partial charge is 0.248 e. The maximum absolute atomic E-state index is 13.1. The highest BCUT2D eigenvalue weighted by molar-refractivity contribution is 6.30. The van der Waals surface area contributed by atoms with Gasteiger partial charge in [-0.15, -0.1) is 0 Å². The highest BCUT2D eigenvalue weighted by Crippen LogP contribution is 2.40. The maximum Gasteiger partial charge on any atom is 0.248 e. The lowest BCUT2D eigenvalue weighted by Crippen LogP contribution is -2.31. The molecular formula is C13H16ClF2N. The van der Waals surface area contributed by atoms with Crippen LogP contribution < -0.4 is 5.73 Å². The molecule has 94 valence electrons. The third-order valence-corrected chi connectivity index (χ3v) is 3.64. The van der Waals surface area contributed by atoms with E-state index in [0.29, 0.717) is 17.9 Å². The molecule has 1 aromatic rings. The zero-order valence-corrected chi connectivity index (χ0v) is 10.3. The molecule has 2 rings (SSSR count). The Labute approximate surface area is 105 Å². The molecule has 0 heterocycles. The van der Waals surface area contributed by atoms with Gasteiger partial charge in [0, 0.05) is 23.9 Å². The number of halogens is 3. The summed E-state index contributed by atoms with van der Waals surface area (Å²) in [5, 5.41) is 0.659. The van der Waals surface area contributed by atoms with E-state index in [0.717, 1.165) is 5.56 Å². The minimum absolute atomic E-state index is 0.0269. The molecule has 0 bridgehead atoms. The summed E-state index contributed by atoms with van der Waals surface area (Å²) in [5.41, 5.74) is 7.02. The van der Waals surface area contributed by atoms with Crippen LogP contribution in [0.15, 0.2) is 24.3 Å². The Morgan fingerprint density at radius 3 is 2.82 bits per heavy atom. The highest BCUT2D eigenvalue weighted by atomic mass is 35.5. The molecule has 2 atom stereocenters. The molecule has 4 heteroatoms. The largest absolute Gasteiger partial charge is 0.327 e. The Kier molecular flexibility index (Phi) is 3.69. The molecule has 1 fully saturated rings. The molecular weight excluding hydrogens is 244 g/mol. The SMILES string of the molecule is NC(Cc1cccc(Cl)c1)C1CCC(F)(F)C1. The van der Waals surface area contributed by atoms with Gasteiger partial charge in [-0.3, -0.25) is 0 Å². The van der Waals surface area contributed by atoms with Crippen LogP contribution in [0.3, 0.4) is 0 Å². The normalized spacial score (nSPS) is 24.8. The van der Waals surface area contributed by atoms with Crippen molar-refractivity contribution in [3.63, 3.8) is 0 Å². The molecule has 0 amide bonds. The third-order valence-electron chi connectivity index (χ3n) is 3.41. The molecule has 1 aliphatic carbocycles. The zero-order chi connectivity index (χ0) is 12.5. The van der Waals surface area contributed by atoms with E-state index in [1.807, 2.05) is 18.2 Å². The highest BCUT2D eigenvalue weighted by Gasteiger charge is 2.41. The molecule has 0 aromatic heterocycles. The summed E-state index contributed by atoms with van der Waals surface area (Å²) in [6.45, 7) is 0. The van der Waals surface area contributed by atoms with Gasteiger partial charge in [-0.1, -0.05) is 23.7 Å². The summed E-state index contributed by atoms with van der Waals surface area (Å²) in [6, 6.07) is 7.21. The van der Waals surface area contributed by atoms with Crippen LogP contribution >= 0.6 is 11.6 Å². The second-order valence-electron chi connectivity index (χ2n) is 4.86. The van der Waals surface area contributed by atoms with Crippen molar-refractivity contribution >= 4 is 11.6 Å². The fraction of sp³-hybridized carbons (Fsp3) is 0.538. The average molecular weight is 260 g/mol. The van der Waals surface area contributed by atoms with E-state index in [1.165, 1.54) is 0 Å². The number of nitrogens with two attached hydrogens (primary N) is 1. The Bertz CT molecular complexity index is 395. The van der Waals surface area contributed by atoms with Crippen molar-refractivity contribution in [1.29, 1.82) is 0 Å². The third kappa shape index (κ3) is 3.39. The summed E-state index contributed by atoms with van der Waals surface area (Å²) >= 11 is 5.87. The molecule has 2 unspecified atom stereocenters. The molecule has 0 spiro atoms. The first-order chi connectivity index (χ1) is 7.96. The van der Waals surface area contributed by atoms with Gasteiger partial charge in [0.25, 0.3) is 0 Å². The van der Waals surface area contributed by atoms with Gasteiger partial charge in [0.2, 0.25) is 5.92 Å². The number of alkyl halides is 2. The number of hydrogen-bond donors (Lipinski definition) is 1. The fourth-order valence-electron chi connectivity index (χ4n) is 2.45. The lowest BCUT2D eigenvalue weighted by atomic mass is 9.93. The Balaban J connectivity index is 1.96. The van der Waals surface area contributed by atoms with Gasteiger partial charge in [0.1, 0.15) is 0 Å². The van der Waals surface area contributed by atoms with Gasteiger partial charge in [0.15, 0.2) is 0 Å². The lowest BCUT2D eigenvalue weighted by molar-refractivity contribution is 0.00393. The first kappa shape index (κ1) is 12.8. The second kappa shape index (κ2) is 4.91. The summed E-state index contributed by atoms with van der Waals surface area (Å²) in [5.74, 6) is -2.60. The standard InChI is InChI=1S/C13H16ClF2N/c14-11-3-1-2-9(6-11)7-12(17)10-4-5-13(15,16)8-10/h1-3,6,10,12H,4-5,7-8,17H2. The minimum Gasteiger partial charge on any atom is -0.327 e. The van der Waals surface area contributed by atoms with Crippen LogP contribution in [0.25, 0.3) is 0 Å². The van der Waals surface area contributed by atoms with Crippen LogP contribution in [0.1, 0.15) is 24.8 Å². The van der Waals surface area contributed by atoms with Crippen molar-refractivity contribution < 1.29 is 8.78 Å². The van der Waals surface area contributed by atoms with Crippen molar-refractivity contribution in [1.82, 2.24) is 0 Å². The van der Waals surface area contributed by atoms with Gasteiger partial charge in [-0.2, -0.15) is 0 Å². The lowest BCUT2D eigenvalue weighted by Gasteiger charge is -2.19. The van der Waals surface area contributed by atoms with Crippen molar-refractivity contribution in [3.8, 4) is 0 Å². The molecule has 1 aliphatic rings. The molecule has 2 N–H and O–H groups in total. The average Bonchev–Trinajstić information content (AvgIpc) is 2.59. The molecule has 1 nitrogen and oxygen atoms in total.